The molecule has 0 unspecified atom stereocenters. The molecule has 0 aliphatic heterocycles. The molecular weight excluding hydrogens is 212 g/mol. The molecule has 6 heteroatoms. The summed E-state index contributed by atoms with van der Waals surface area (Å²) in [5, 5.41) is 11.1. The van der Waals surface area contributed by atoms with Crippen molar-refractivity contribution in [2.75, 3.05) is 6.61 Å². The summed E-state index contributed by atoms with van der Waals surface area (Å²) in [6, 6.07) is 3.64. The van der Waals surface area contributed by atoms with Gasteiger partial charge in [0.05, 0.1) is 0 Å². The van der Waals surface area contributed by atoms with Crippen molar-refractivity contribution in [1.29, 1.82) is 0 Å². The molecule has 0 bridgehead atoms. The van der Waals surface area contributed by atoms with Crippen LogP contribution in [0.25, 0.3) is 0 Å². The van der Waals surface area contributed by atoms with Gasteiger partial charge < -0.3 is 15.6 Å². The van der Waals surface area contributed by atoms with Gasteiger partial charge in [0.2, 0.25) is 0 Å². The predicted molar refractivity (Wildman–Crippen MR) is 56.1 cm³/mol. The number of benzene rings is 1. The third-order valence-electron chi connectivity index (χ3n) is 1.67. The highest BCUT2D eigenvalue weighted by Gasteiger charge is 2.05. The zero-order chi connectivity index (χ0) is 12.1. The van der Waals surface area contributed by atoms with E-state index >= 15 is 0 Å². The first-order valence-electron chi connectivity index (χ1n) is 4.50. The smallest absolute Gasteiger partial charge is 0.318 e. The van der Waals surface area contributed by atoms with Crippen molar-refractivity contribution in [1.82, 2.24) is 5.32 Å². The maximum Gasteiger partial charge on any atom is 0.318 e. The van der Waals surface area contributed by atoms with Gasteiger partial charge in [0, 0.05) is 6.07 Å². The maximum atomic E-state index is 11.0. The second-order valence-electron chi connectivity index (χ2n) is 3.21. The van der Waals surface area contributed by atoms with Crippen LogP contribution in [0.1, 0.15) is 5.56 Å². The maximum absolute atomic E-state index is 11.0. The molecule has 0 saturated heterocycles. The predicted octanol–water partition coefficient (Wildman–Crippen LogP) is 0.274. The molecule has 0 aromatic heterocycles. The largest absolute Gasteiger partial charge is 0.508 e. The summed E-state index contributed by atoms with van der Waals surface area (Å²) in [7, 11) is 0. The number of urea groups is 1. The van der Waals surface area contributed by atoms with Crippen molar-refractivity contribution < 1.29 is 19.4 Å². The Labute approximate surface area is 92.0 Å². The summed E-state index contributed by atoms with van der Waals surface area (Å²) in [5.74, 6) is -0.254. The highest BCUT2D eigenvalue weighted by atomic mass is 16.5. The van der Waals surface area contributed by atoms with Crippen molar-refractivity contribution in [2.24, 2.45) is 5.73 Å². The first kappa shape index (κ1) is 11.8. The van der Waals surface area contributed by atoms with Gasteiger partial charge in [0.25, 0.3) is 5.91 Å². The summed E-state index contributed by atoms with van der Waals surface area (Å²) in [5.41, 5.74) is 5.54. The van der Waals surface area contributed by atoms with Crippen LogP contribution in [0.2, 0.25) is 0 Å². The molecule has 1 aromatic carbocycles. The second-order valence-corrected chi connectivity index (χ2v) is 3.21. The molecule has 0 fully saturated rings. The van der Waals surface area contributed by atoms with Gasteiger partial charge in [-0.25, -0.2) is 4.79 Å². The fraction of sp³-hybridized carbons (Fsp3) is 0.200. The third kappa shape index (κ3) is 3.87. The van der Waals surface area contributed by atoms with Gasteiger partial charge in [-0.2, -0.15) is 0 Å². The number of hydrogen-bond donors (Lipinski definition) is 3. The van der Waals surface area contributed by atoms with Gasteiger partial charge in [-0.05, 0) is 24.6 Å². The first-order valence-corrected chi connectivity index (χ1v) is 4.50. The van der Waals surface area contributed by atoms with Crippen LogP contribution >= 0.6 is 0 Å². The SMILES string of the molecule is Cc1cc(O)cc(OCC(=O)NC(N)=O)c1. The fourth-order valence-corrected chi connectivity index (χ4v) is 1.13. The Morgan fingerprint density at radius 2 is 2.12 bits per heavy atom. The van der Waals surface area contributed by atoms with Gasteiger partial charge in [-0.3, -0.25) is 10.1 Å². The minimum Gasteiger partial charge on any atom is -0.508 e. The van der Waals surface area contributed by atoms with E-state index in [9.17, 15) is 14.7 Å². The number of hydrogen-bond acceptors (Lipinski definition) is 4. The molecule has 1 aromatic rings. The zero-order valence-electron chi connectivity index (χ0n) is 8.69. The molecule has 3 amide bonds. The number of carbonyl (C=O) groups is 2. The van der Waals surface area contributed by atoms with E-state index in [1.807, 2.05) is 5.32 Å². The van der Waals surface area contributed by atoms with E-state index in [1.54, 1.807) is 19.1 Å². The van der Waals surface area contributed by atoms with Crippen molar-refractivity contribution in [3.63, 3.8) is 0 Å². The molecule has 4 N–H and O–H groups in total. The quantitative estimate of drug-likeness (QED) is 0.686. The summed E-state index contributed by atoms with van der Waals surface area (Å²) in [4.78, 5) is 21.3. The van der Waals surface area contributed by atoms with E-state index < -0.39 is 11.9 Å². The van der Waals surface area contributed by atoms with Crippen LogP contribution < -0.4 is 15.8 Å². The van der Waals surface area contributed by atoms with E-state index in [0.29, 0.717) is 5.75 Å². The lowest BCUT2D eigenvalue weighted by molar-refractivity contribution is -0.121. The number of phenols is 1. The van der Waals surface area contributed by atoms with E-state index in [1.165, 1.54) is 6.07 Å². The Kier molecular flexibility index (Phi) is 3.71. The number of aryl methyl sites for hydroxylation is 1. The summed E-state index contributed by atoms with van der Waals surface area (Å²) < 4.78 is 5.05. The molecule has 0 heterocycles. The Bertz CT molecular complexity index is 397. The number of amides is 3. The molecule has 16 heavy (non-hydrogen) atoms. The van der Waals surface area contributed by atoms with Crippen molar-refractivity contribution in [3.05, 3.63) is 23.8 Å². The van der Waals surface area contributed by atoms with Gasteiger partial charge in [0.15, 0.2) is 6.61 Å². The standard InChI is InChI=1S/C10H12N2O4/c1-6-2-7(13)4-8(3-6)16-5-9(14)12-10(11)15/h2-4,13H,5H2,1H3,(H3,11,12,14,15). The van der Waals surface area contributed by atoms with Gasteiger partial charge in [-0.1, -0.05) is 0 Å². The summed E-state index contributed by atoms with van der Waals surface area (Å²) in [6.07, 6.45) is 0. The highest BCUT2D eigenvalue weighted by Crippen LogP contribution is 2.20. The number of primary amides is 1. The number of aromatic hydroxyl groups is 1. The van der Waals surface area contributed by atoms with Crippen LogP contribution in [0.4, 0.5) is 4.79 Å². The van der Waals surface area contributed by atoms with E-state index in [-0.39, 0.29) is 12.4 Å². The van der Waals surface area contributed by atoms with Crippen LogP contribution in [-0.2, 0) is 4.79 Å². The number of ether oxygens (including phenoxy) is 1. The molecule has 0 radical (unpaired) electrons. The number of carbonyl (C=O) groups excluding carboxylic acids is 2. The molecule has 0 aliphatic rings. The van der Waals surface area contributed by atoms with Crippen LogP contribution in [0.15, 0.2) is 18.2 Å². The molecule has 0 spiro atoms. The Morgan fingerprint density at radius 1 is 1.44 bits per heavy atom. The zero-order valence-corrected chi connectivity index (χ0v) is 8.69. The fourth-order valence-electron chi connectivity index (χ4n) is 1.13. The van der Waals surface area contributed by atoms with Gasteiger partial charge in [-0.15, -0.1) is 0 Å². The minimum absolute atomic E-state index is 0.0466. The first-order chi connectivity index (χ1) is 7.47. The lowest BCUT2D eigenvalue weighted by Gasteiger charge is -2.06. The molecule has 6 nitrogen and oxygen atoms in total. The second kappa shape index (κ2) is 5.01. The third-order valence-corrected chi connectivity index (χ3v) is 1.67. The lowest BCUT2D eigenvalue weighted by Crippen LogP contribution is -2.38. The van der Waals surface area contributed by atoms with Crippen molar-refractivity contribution >= 4 is 11.9 Å². The number of nitrogens with one attached hydrogen (secondary N) is 1. The van der Waals surface area contributed by atoms with Crippen molar-refractivity contribution in [2.45, 2.75) is 6.92 Å². The monoisotopic (exact) mass is 224 g/mol. The number of phenolic OH excluding ortho intramolecular Hbond substituents is 1. The summed E-state index contributed by atoms with van der Waals surface area (Å²) >= 11 is 0. The Morgan fingerprint density at radius 3 is 2.69 bits per heavy atom. The average Bonchev–Trinajstić information content (AvgIpc) is 2.12. The average molecular weight is 224 g/mol. The molecule has 86 valence electrons. The van der Waals surface area contributed by atoms with E-state index in [4.69, 9.17) is 10.5 Å². The topological polar surface area (TPSA) is 102 Å². The normalized spacial score (nSPS) is 9.56. The Balaban J connectivity index is 2.54. The van der Waals surface area contributed by atoms with Crippen LogP contribution in [-0.4, -0.2) is 23.7 Å². The van der Waals surface area contributed by atoms with Crippen LogP contribution in [0.5, 0.6) is 11.5 Å². The molecule has 1 rings (SSSR count). The van der Waals surface area contributed by atoms with Crippen LogP contribution in [0.3, 0.4) is 0 Å². The Hall–Kier alpha value is -2.24. The highest BCUT2D eigenvalue weighted by molar-refractivity contribution is 5.94. The minimum atomic E-state index is -0.930. The van der Waals surface area contributed by atoms with Gasteiger partial charge in [0.1, 0.15) is 11.5 Å². The molecular formula is C10H12N2O4. The summed E-state index contributed by atoms with van der Waals surface area (Å²) in [6.45, 7) is 1.43. The van der Waals surface area contributed by atoms with Gasteiger partial charge >= 0.3 is 6.03 Å². The van der Waals surface area contributed by atoms with E-state index in [0.717, 1.165) is 5.56 Å². The van der Waals surface area contributed by atoms with Crippen molar-refractivity contribution in [3.8, 4) is 11.5 Å². The molecule has 0 saturated carbocycles. The number of nitrogens with two attached hydrogens (primary N) is 1. The van der Waals surface area contributed by atoms with Crippen LogP contribution in [0, 0.1) is 6.92 Å². The molecule has 0 atom stereocenters. The molecule has 0 aliphatic carbocycles. The number of imide groups is 1. The lowest BCUT2D eigenvalue weighted by atomic mass is 10.2. The number of rotatable bonds is 3. The van der Waals surface area contributed by atoms with E-state index in [2.05, 4.69) is 0 Å².